The van der Waals surface area contributed by atoms with E-state index < -0.39 is 34.8 Å². The van der Waals surface area contributed by atoms with E-state index in [-0.39, 0.29) is 30.4 Å². The first kappa shape index (κ1) is 19.6. The third-order valence-corrected chi connectivity index (χ3v) is 4.56. The average molecular weight is 334 g/mol. The summed E-state index contributed by atoms with van der Waals surface area (Å²) in [6.45, 7) is 4.02. The molecule has 0 atom stereocenters. The lowest BCUT2D eigenvalue weighted by atomic mass is 10.2. The fourth-order valence-corrected chi connectivity index (χ4v) is 3.32. The van der Waals surface area contributed by atoms with Gasteiger partial charge in [0.05, 0.1) is 10.7 Å². The summed E-state index contributed by atoms with van der Waals surface area (Å²) >= 11 is 4.69. The second-order valence-corrected chi connectivity index (χ2v) is 7.62. The molecule has 0 saturated heterocycles. The second kappa shape index (κ2) is 8.14. The lowest BCUT2D eigenvalue weighted by molar-refractivity contribution is -0.134. The lowest BCUT2D eigenvalue weighted by Gasteiger charge is -2.24. The summed E-state index contributed by atoms with van der Waals surface area (Å²) in [5, 5.41) is 0. The fraction of sp³-hybridized carbons (Fsp3) is 0.909. The Labute approximate surface area is 123 Å². The molecule has 0 bridgehead atoms. The fourth-order valence-electron chi connectivity index (χ4n) is 1.57. The van der Waals surface area contributed by atoms with Gasteiger partial charge in [-0.3, -0.25) is 0 Å². The molecule has 4 nitrogen and oxygen atoms in total. The summed E-state index contributed by atoms with van der Waals surface area (Å²) in [6, 6.07) is 0. The molecule has 0 unspecified atom stereocenters. The van der Waals surface area contributed by atoms with Gasteiger partial charge in [0.1, 0.15) is 0 Å². The van der Waals surface area contributed by atoms with Crippen molar-refractivity contribution in [2.75, 3.05) is 18.8 Å². The van der Waals surface area contributed by atoms with Crippen LogP contribution in [0.3, 0.4) is 0 Å². The molecule has 0 aromatic rings. The van der Waals surface area contributed by atoms with Gasteiger partial charge >= 0.3 is 6.18 Å². The van der Waals surface area contributed by atoms with Gasteiger partial charge in [-0.2, -0.15) is 13.2 Å². The van der Waals surface area contributed by atoms with Gasteiger partial charge in [-0.1, -0.05) is 26.1 Å². The van der Waals surface area contributed by atoms with E-state index in [1.54, 1.807) is 0 Å². The van der Waals surface area contributed by atoms with E-state index in [9.17, 15) is 21.6 Å². The van der Waals surface area contributed by atoms with Crippen molar-refractivity contribution in [3.63, 3.8) is 0 Å². The van der Waals surface area contributed by atoms with Crippen LogP contribution in [0, 0.1) is 5.92 Å². The van der Waals surface area contributed by atoms with Crippen molar-refractivity contribution in [3.05, 3.63) is 0 Å². The van der Waals surface area contributed by atoms with E-state index in [4.69, 9.17) is 18.0 Å². The van der Waals surface area contributed by atoms with Gasteiger partial charge in [-0.25, -0.2) is 12.7 Å². The minimum absolute atomic E-state index is 0.0683. The largest absolute Gasteiger partial charge is 0.393 e. The average Bonchev–Trinajstić information content (AvgIpc) is 2.20. The summed E-state index contributed by atoms with van der Waals surface area (Å²) < 4.78 is 61.4. The van der Waals surface area contributed by atoms with Gasteiger partial charge in [0.2, 0.25) is 10.0 Å². The SMILES string of the molecule is CC(C)CN(CCC(N)=S)S(=O)(=O)CCCC(F)(F)F. The van der Waals surface area contributed by atoms with E-state index >= 15 is 0 Å². The summed E-state index contributed by atoms with van der Waals surface area (Å²) in [4.78, 5) is 0.184. The predicted octanol–water partition coefficient (Wildman–Crippen LogP) is 2.29. The number of nitrogens with zero attached hydrogens (tertiary/aromatic N) is 1. The number of alkyl halides is 3. The van der Waals surface area contributed by atoms with Gasteiger partial charge in [0.25, 0.3) is 0 Å². The Kier molecular flexibility index (Phi) is 7.97. The third-order valence-electron chi connectivity index (χ3n) is 2.43. The van der Waals surface area contributed by atoms with Crippen LogP contribution in [0.15, 0.2) is 0 Å². The van der Waals surface area contributed by atoms with E-state index in [0.29, 0.717) is 0 Å². The number of rotatable bonds is 9. The highest BCUT2D eigenvalue weighted by Gasteiger charge is 2.29. The van der Waals surface area contributed by atoms with Gasteiger partial charge < -0.3 is 5.73 Å². The molecule has 9 heteroatoms. The molecule has 0 heterocycles. The van der Waals surface area contributed by atoms with Crippen molar-refractivity contribution >= 4 is 27.2 Å². The smallest absolute Gasteiger partial charge is 0.389 e. The van der Waals surface area contributed by atoms with Crippen molar-refractivity contribution in [1.82, 2.24) is 4.31 Å². The van der Waals surface area contributed by atoms with Crippen molar-refractivity contribution in [2.45, 2.75) is 39.3 Å². The van der Waals surface area contributed by atoms with Crippen LogP contribution in [0.1, 0.15) is 33.1 Å². The normalized spacial score (nSPS) is 13.2. The van der Waals surface area contributed by atoms with Crippen LogP contribution in [-0.4, -0.2) is 42.7 Å². The molecule has 0 amide bonds. The highest BCUT2D eigenvalue weighted by Crippen LogP contribution is 2.22. The topological polar surface area (TPSA) is 63.4 Å². The Morgan fingerprint density at radius 3 is 2.30 bits per heavy atom. The molecular formula is C11H21F3N2O2S2. The van der Waals surface area contributed by atoms with Gasteiger partial charge in [-0.15, -0.1) is 0 Å². The molecule has 20 heavy (non-hydrogen) atoms. The second-order valence-electron chi connectivity index (χ2n) is 5.00. The summed E-state index contributed by atoms with van der Waals surface area (Å²) in [6.07, 6.45) is -5.65. The Morgan fingerprint density at radius 2 is 1.90 bits per heavy atom. The number of thiocarbonyl (C=S) groups is 1. The highest BCUT2D eigenvalue weighted by atomic mass is 32.2. The summed E-state index contributed by atoms with van der Waals surface area (Å²) in [7, 11) is -3.72. The molecule has 120 valence electrons. The Balaban J connectivity index is 4.63. The molecule has 0 saturated carbocycles. The molecule has 0 aliphatic carbocycles. The molecular weight excluding hydrogens is 313 g/mol. The molecule has 0 aliphatic rings. The first-order valence-electron chi connectivity index (χ1n) is 6.27. The van der Waals surface area contributed by atoms with E-state index in [2.05, 4.69) is 0 Å². The number of hydrogen-bond donors (Lipinski definition) is 1. The standard InChI is InChI=1S/C11H21F3N2O2S2/c1-9(2)8-16(6-4-10(15)19)20(17,18)7-3-5-11(12,13)14/h9H,3-8H2,1-2H3,(H2,15,19). The van der Waals surface area contributed by atoms with Crippen LogP contribution in [-0.2, 0) is 10.0 Å². The van der Waals surface area contributed by atoms with Crippen LogP contribution in [0.25, 0.3) is 0 Å². The monoisotopic (exact) mass is 334 g/mol. The Hall–Kier alpha value is -0.410. The van der Waals surface area contributed by atoms with Crippen molar-refractivity contribution in [1.29, 1.82) is 0 Å². The van der Waals surface area contributed by atoms with Crippen LogP contribution in [0.4, 0.5) is 13.2 Å². The van der Waals surface area contributed by atoms with E-state index in [1.807, 2.05) is 13.8 Å². The molecule has 0 spiro atoms. The first-order chi connectivity index (χ1) is 8.94. The molecule has 0 aromatic carbocycles. The van der Waals surface area contributed by atoms with Crippen LogP contribution < -0.4 is 5.73 Å². The quantitative estimate of drug-likeness (QED) is 0.657. The van der Waals surface area contributed by atoms with Gasteiger partial charge in [0, 0.05) is 25.9 Å². The van der Waals surface area contributed by atoms with Gasteiger partial charge in [-0.05, 0) is 12.3 Å². The maximum atomic E-state index is 12.1. The number of halogens is 3. The van der Waals surface area contributed by atoms with E-state index in [0.717, 1.165) is 0 Å². The lowest BCUT2D eigenvalue weighted by Crippen LogP contribution is -2.38. The number of nitrogens with two attached hydrogens (primary N) is 1. The Morgan fingerprint density at radius 1 is 1.35 bits per heavy atom. The zero-order valence-corrected chi connectivity index (χ0v) is 13.2. The molecule has 0 radical (unpaired) electrons. The highest BCUT2D eigenvalue weighted by molar-refractivity contribution is 7.89. The molecule has 0 rings (SSSR count). The number of sulfonamides is 1. The first-order valence-corrected chi connectivity index (χ1v) is 8.28. The molecule has 2 N–H and O–H groups in total. The zero-order valence-electron chi connectivity index (χ0n) is 11.6. The van der Waals surface area contributed by atoms with Crippen LogP contribution >= 0.6 is 12.2 Å². The Bertz CT molecular complexity index is 408. The molecule has 0 fully saturated rings. The maximum absolute atomic E-state index is 12.1. The minimum atomic E-state index is -4.34. The summed E-state index contributed by atoms with van der Waals surface area (Å²) in [5.74, 6) is -0.449. The van der Waals surface area contributed by atoms with Crippen molar-refractivity contribution < 1.29 is 21.6 Å². The minimum Gasteiger partial charge on any atom is -0.393 e. The van der Waals surface area contributed by atoms with Crippen molar-refractivity contribution in [2.24, 2.45) is 11.7 Å². The number of hydrogen-bond acceptors (Lipinski definition) is 3. The molecule has 0 aromatic heterocycles. The predicted molar refractivity (Wildman–Crippen MR) is 76.9 cm³/mol. The molecule has 0 aliphatic heterocycles. The maximum Gasteiger partial charge on any atom is 0.389 e. The van der Waals surface area contributed by atoms with Crippen LogP contribution in [0.2, 0.25) is 0 Å². The zero-order chi connectivity index (χ0) is 16.0. The summed E-state index contributed by atoms with van der Waals surface area (Å²) in [5.41, 5.74) is 5.33. The third kappa shape index (κ3) is 9.49. The van der Waals surface area contributed by atoms with E-state index in [1.165, 1.54) is 4.31 Å². The van der Waals surface area contributed by atoms with Crippen molar-refractivity contribution in [3.8, 4) is 0 Å². The van der Waals surface area contributed by atoms with Crippen LogP contribution in [0.5, 0.6) is 0 Å². The van der Waals surface area contributed by atoms with Gasteiger partial charge in [0.15, 0.2) is 0 Å².